The molecule has 0 aromatic carbocycles. The van der Waals surface area contributed by atoms with Gasteiger partial charge in [0.1, 0.15) is 6.61 Å². The van der Waals surface area contributed by atoms with Gasteiger partial charge in [-0.15, -0.1) is 13.2 Å². The summed E-state index contributed by atoms with van der Waals surface area (Å²) in [5, 5.41) is 0. The quantitative estimate of drug-likeness (QED) is 0.532. The van der Waals surface area contributed by atoms with Gasteiger partial charge in [-0.2, -0.15) is 0 Å². The van der Waals surface area contributed by atoms with E-state index in [0.717, 1.165) is 12.0 Å². The fourth-order valence-corrected chi connectivity index (χ4v) is 0.520. The lowest BCUT2D eigenvalue weighted by atomic mass is 10.2. The second-order valence-electron chi connectivity index (χ2n) is 2.51. The van der Waals surface area contributed by atoms with Crippen molar-refractivity contribution in [3.63, 3.8) is 0 Å². The van der Waals surface area contributed by atoms with E-state index in [9.17, 15) is 18.0 Å². The summed E-state index contributed by atoms with van der Waals surface area (Å²) in [6.45, 7) is 3.44. The highest BCUT2D eigenvalue weighted by molar-refractivity contribution is 5.60. The van der Waals surface area contributed by atoms with Gasteiger partial charge in [0.25, 0.3) is 0 Å². The summed E-state index contributed by atoms with van der Waals surface area (Å²) in [6.07, 6.45) is -4.46. The van der Waals surface area contributed by atoms with Crippen molar-refractivity contribution in [3.05, 3.63) is 11.6 Å². The maximum atomic E-state index is 11.4. The molecule has 0 bridgehead atoms. The monoisotopic (exact) mass is 212 g/mol. The number of ether oxygens (including phenoxy) is 2. The fourth-order valence-electron chi connectivity index (χ4n) is 0.520. The first kappa shape index (κ1) is 12.8. The van der Waals surface area contributed by atoms with Gasteiger partial charge in [-0.05, 0) is 19.4 Å². The Morgan fingerprint density at radius 1 is 1.43 bits per heavy atom. The fraction of sp³-hybridized carbons (Fsp3) is 0.625. The van der Waals surface area contributed by atoms with Crippen LogP contribution in [0.5, 0.6) is 0 Å². The van der Waals surface area contributed by atoms with Crippen LogP contribution in [0.15, 0.2) is 11.6 Å². The molecule has 0 fully saturated rings. The lowest BCUT2D eigenvalue weighted by Gasteiger charge is -2.06. The number of hydrogen-bond acceptors (Lipinski definition) is 3. The molecule has 0 spiro atoms. The SMILES string of the molecule is CCC(C)=CCOC(=O)OC(F)(F)F. The molecule has 0 atom stereocenters. The van der Waals surface area contributed by atoms with E-state index in [1.165, 1.54) is 6.08 Å². The van der Waals surface area contributed by atoms with E-state index in [4.69, 9.17) is 0 Å². The molecule has 6 heteroatoms. The molecule has 0 aliphatic heterocycles. The van der Waals surface area contributed by atoms with Crippen LogP contribution in [0.4, 0.5) is 18.0 Å². The van der Waals surface area contributed by atoms with E-state index in [2.05, 4.69) is 9.47 Å². The Labute approximate surface area is 79.5 Å². The van der Waals surface area contributed by atoms with Crippen molar-refractivity contribution >= 4 is 6.16 Å². The van der Waals surface area contributed by atoms with Crippen LogP contribution in [0.2, 0.25) is 0 Å². The molecule has 0 amide bonds. The highest BCUT2D eigenvalue weighted by Crippen LogP contribution is 2.16. The zero-order valence-corrected chi connectivity index (χ0v) is 7.85. The molecular formula is C8H11F3O3. The van der Waals surface area contributed by atoms with Gasteiger partial charge in [0.2, 0.25) is 0 Å². The summed E-state index contributed by atoms with van der Waals surface area (Å²) in [5.74, 6) is 0. The van der Waals surface area contributed by atoms with E-state index in [1.807, 2.05) is 6.92 Å². The lowest BCUT2D eigenvalue weighted by Crippen LogP contribution is -2.20. The minimum atomic E-state index is -4.99. The topological polar surface area (TPSA) is 35.5 Å². The maximum Gasteiger partial charge on any atom is 0.577 e. The van der Waals surface area contributed by atoms with Crippen molar-refractivity contribution in [1.82, 2.24) is 0 Å². The standard InChI is InChI=1S/C8H11F3O3/c1-3-6(2)4-5-13-7(12)14-8(9,10)11/h4H,3,5H2,1-2H3. The van der Waals surface area contributed by atoms with Gasteiger partial charge in [-0.1, -0.05) is 12.5 Å². The van der Waals surface area contributed by atoms with Gasteiger partial charge >= 0.3 is 12.5 Å². The van der Waals surface area contributed by atoms with Crippen LogP contribution >= 0.6 is 0 Å². The molecule has 0 rings (SSSR count). The number of allylic oxidation sites excluding steroid dienone is 1. The number of carbonyl (C=O) groups is 1. The second-order valence-corrected chi connectivity index (χ2v) is 2.51. The third-order valence-corrected chi connectivity index (χ3v) is 1.39. The maximum absolute atomic E-state index is 11.4. The van der Waals surface area contributed by atoms with Crippen LogP contribution < -0.4 is 0 Å². The molecule has 0 aromatic rings. The van der Waals surface area contributed by atoms with Crippen molar-refractivity contribution in [3.8, 4) is 0 Å². The zero-order chi connectivity index (χ0) is 11.2. The van der Waals surface area contributed by atoms with E-state index in [0.29, 0.717) is 0 Å². The van der Waals surface area contributed by atoms with Crippen molar-refractivity contribution in [2.45, 2.75) is 26.6 Å². The molecule has 0 saturated carbocycles. The molecule has 0 aliphatic rings. The van der Waals surface area contributed by atoms with Gasteiger partial charge in [-0.3, -0.25) is 0 Å². The van der Waals surface area contributed by atoms with Gasteiger partial charge in [-0.25, -0.2) is 4.79 Å². The average molecular weight is 212 g/mol. The molecule has 0 radical (unpaired) electrons. The minimum absolute atomic E-state index is 0.214. The summed E-state index contributed by atoms with van der Waals surface area (Å²) in [6, 6.07) is 0. The van der Waals surface area contributed by atoms with Crippen LogP contribution in [-0.2, 0) is 9.47 Å². The number of alkyl halides is 3. The molecule has 0 unspecified atom stereocenters. The first-order valence-electron chi connectivity index (χ1n) is 3.93. The van der Waals surface area contributed by atoms with Crippen molar-refractivity contribution in [2.24, 2.45) is 0 Å². The molecule has 0 N–H and O–H groups in total. The summed E-state index contributed by atoms with van der Waals surface area (Å²) < 4.78 is 41.4. The van der Waals surface area contributed by atoms with E-state index >= 15 is 0 Å². The molecular weight excluding hydrogens is 201 g/mol. The smallest absolute Gasteiger partial charge is 0.430 e. The Morgan fingerprint density at radius 2 is 2.00 bits per heavy atom. The number of halogens is 3. The Balaban J connectivity index is 3.76. The Kier molecular flexibility index (Phi) is 5.04. The Morgan fingerprint density at radius 3 is 2.43 bits per heavy atom. The van der Waals surface area contributed by atoms with Crippen LogP contribution in [0.3, 0.4) is 0 Å². The molecule has 3 nitrogen and oxygen atoms in total. The van der Waals surface area contributed by atoms with Gasteiger partial charge in [0, 0.05) is 0 Å². The average Bonchev–Trinajstić information content (AvgIpc) is 2.00. The predicted octanol–water partition coefficient (Wildman–Crippen LogP) is 3.02. The molecule has 14 heavy (non-hydrogen) atoms. The van der Waals surface area contributed by atoms with E-state index in [-0.39, 0.29) is 6.61 Å². The van der Waals surface area contributed by atoms with Gasteiger partial charge in [0.05, 0.1) is 0 Å². The summed E-state index contributed by atoms with van der Waals surface area (Å²) in [5.41, 5.74) is 0.921. The molecule has 82 valence electrons. The van der Waals surface area contributed by atoms with Crippen molar-refractivity contribution in [2.75, 3.05) is 6.61 Å². The first-order chi connectivity index (χ1) is 6.35. The largest absolute Gasteiger partial charge is 0.577 e. The van der Waals surface area contributed by atoms with E-state index < -0.39 is 12.5 Å². The number of carbonyl (C=O) groups excluding carboxylic acids is 1. The summed E-state index contributed by atoms with van der Waals surface area (Å²) in [7, 11) is 0. The Bertz CT molecular complexity index is 220. The van der Waals surface area contributed by atoms with Gasteiger partial charge < -0.3 is 9.47 Å². The highest BCUT2D eigenvalue weighted by Gasteiger charge is 2.34. The second kappa shape index (κ2) is 5.51. The predicted molar refractivity (Wildman–Crippen MR) is 42.5 cm³/mol. The molecule has 0 saturated heterocycles. The lowest BCUT2D eigenvalue weighted by molar-refractivity contribution is -0.298. The summed E-state index contributed by atoms with van der Waals surface area (Å²) in [4.78, 5) is 10.3. The molecule has 0 heterocycles. The molecule has 0 aromatic heterocycles. The third-order valence-electron chi connectivity index (χ3n) is 1.39. The third kappa shape index (κ3) is 7.45. The van der Waals surface area contributed by atoms with Crippen molar-refractivity contribution < 1.29 is 27.4 Å². The van der Waals surface area contributed by atoms with Crippen LogP contribution in [0.25, 0.3) is 0 Å². The van der Waals surface area contributed by atoms with E-state index in [1.54, 1.807) is 6.92 Å². The minimum Gasteiger partial charge on any atom is -0.430 e. The molecule has 0 aliphatic carbocycles. The Hall–Kier alpha value is -1.20. The van der Waals surface area contributed by atoms with Crippen LogP contribution in [0.1, 0.15) is 20.3 Å². The zero-order valence-electron chi connectivity index (χ0n) is 7.85. The number of hydrogen-bond donors (Lipinski definition) is 0. The van der Waals surface area contributed by atoms with Gasteiger partial charge in [0.15, 0.2) is 0 Å². The normalized spacial score (nSPS) is 12.5. The first-order valence-corrected chi connectivity index (χ1v) is 3.93. The number of rotatable bonds is 3. The van der Waals surface area contributed by atoms with Crippen LogP contribution in [-0.4, -0.2) is 19.1 Å². The summed E-state index contributed by atoms with van der Waals surface area (Å²) >= 11 is 0. The van der Waals surface area contributed by atoms with Crippen LogP contribution in [0, 0.1) is 0 Å². The highest BCUT2D eigenvalue weighted by atomic mass is 19.4. The van der Waals surface area contributed by atoms with Crippen molar-refractivity contribution in [1.29, 1.82) is 0 Å².